The van der Waals surface area contributed by atoms with Crippen molar-refractivity contribution >= 4 is 57.3 Å². The van der Waals surface area contributed by atoms with E-state index in [9.17, 15) is 0 Å². The molecule has 0 atom stereocenters. The van der Waals surface area contributed by atoms with Gasteiger partial charge in [0.1, 0.15) is 0 Å². The quantitative estimate of drug-likeness (QED) is 0.324. The fourth-order valence-corrected chi connectivity index (χ4v) is 2.90. The Morgan fingerprint density at radius 1 is 0.889 bits per heavy atom. The molecule has 2 aromatic rings. The number of aryl methyl sites for hydroxylation is 1. The predicted octanol–water partition coefficient (Wildman–Crippen LogP) is 5.44. The van der Waals surface area contributed by atoms with E-state index in [0.29, 0.717) is 0 Å². The molecule has 0 fully saturated rings. The fraction of sp³-hybridized carbons (Fsp3) is 0.125. The van der Waals surface area contributed by atoms with Gasteiger partial charge in [0.05, 0.1) is 0 Å². The van der Waals surface area contributed by atoms with Gasteiger partial charge in [-0.1, -0.05) is 71.1 Å². The SMILES string of the molecule is ICCc1ccc(/C=C/c2cccc(I)c2)cc1. The molecular weight excluding hydrogens is 446 g/mol. The molecule has 92 valence electrons. The van der Waals surface area contributed by atoms with Crippen LogP contribution in [0.1, 0.15) is 16.7 Å². The maximum absolute atomic E-state index is 2.41. The van der Waals surface area contributed by atoms with Crippen molar-refractivity contribution in [1.82, 2.24) is 0 Å². The third kappa shape index (κ3) is 4.39. The Kier molecular flexibility index (Phi) is 5.69. The van der Waals surface area contributed by atoms with Crippen LogP contribution >= 0.6 is 45.2 Å². The second kappa shape index (κ2) is 7.28. The van der Waals surface area contributed by atoms with Crippen molar-refractivity contribution in [3.8, 4) is 0 Å². The Balaban J connectivity index is 2.09. The number of hydrogen-bond acceptors (Lipinski definition) is 0. The first-order chi connectivity index (χ1) is 8.78. The molecule has 2 aromatic carbocycles. The summed E-state index contributed by atoms with van der Waals surface area (Å²) in [6.07, 6.45) is 5.48. The first kappa shape index (κ1) is 14.1. The maximum Gasteiger partial charge on any atom is 0.0136 e. The summed E-state index contributed by atoms with van der Waals surface area (Å²) < 4.78 is 2.45. The zero-order valence-electron chi connectivity index (χ0n) is 9.94. The van der Waals surface area contributed by atoms with Crippen molar-refractivity contribution in [3.05, 3.63) is 68.8 Å². The van der Waals surface area contributed by atoms with Crippen LogP contribution in [0.15, 0.2) is 48.5 Å². The minimum absolute atomic E-state index is 1.15. The molecule has 0 aliphatic rings. The molecule has 0 N–H and O–H groups in total. The van der Waals surface area contributed by atoms with Crippen molar-refractivity contribution in [2.75, 3.05) is 4.43 Å². The van der Waals surface area contributed by atoms with Gasteiger partial charge >= 0.3 is 0 Å². The molecule has 0 bridgehead atoms. The standard InChI is InChI=1S/C16H14I2/c17-11-10-14-6-4-13(5-7-14)8-9-15-2-1-3-16(18)12-15/h1-9,12H,10-11H2/b9-8+. The monoisotopic (exact) mass is 460 g/mol. The van der Waals surface area contributed by atoms with Gasteiger partial charge in [-0.15, -0.1) is 0 Å². The Morgan fingerprint density at radius 2 is 1.61 bits per heavy atom. The van der Waals surface area contributed by atoms with Crippen molar-refractivity contribution in [3.63, 3.8) is 0 Å². The average Bonchev–Trinajstić information content (AvgIpc) is 2.38. The summed E-state index contributed by atoms with van der Waals surface area (Å²) in [4.78, 5) is 0. The predicted molar refractivity (Wildman–Crippen MR) is 97.1 cm³/mol. The molecule has 0 heterocycles. The zero-order valence-corrected chi connectivity index (χ0v) is 14.3. The van der Waals surface area contributed by atoms with Crippen LogP contribution in [0.5, 0.6) is 0 Å². The van der Waals surface area contributed by atoms with E-state index in [4.69, 9.17) is 0 Å². The minimum Gasteiger partial charge on any atom is -0.0860 e. The molecule has 0 spiro atoms. The van der Waals surface area contributed by atoms with E-state index in [1.807, 2.05) is 0 Å². The largest absolute Gasteiger partial charge is 0.0860 e. The molecule has 2 rings (SSSR count). The summed E-state index contributed by atoms with van der Waals surface area (Å²) in [5.74, 6) is 0. The van der Waals surface area contributed by atoms with Crippen LogP contribution in [0.25, 0.3) is 12.2 Å². The Bertz CT molecular complexity index is 527. The molecular formula is C16H14I2. The first-order valence-electron chi connectivity index (χ1n) is 5.86. The van der Waals surface area contributed by atoms with Gasteiger partial charge in [-0.2, -0.15) is 0 Å². The first-order valence-corrected chi connectivity index (χ1v) is 8.47. The lowest BCUT2D eigenvalue weighted by Gasteiger charge is -1.99. The summed E-state index contributed by atoms with van der Waals surface area (Å²) in [6, 6.07) is 17.3. The summed E-state index contributed by atoms with van der Waals surface area (Å²) >= 11 is 4.75. The zero-order chi connectivity index (χ0) is 12.8. The van der Waals surface area contributed by atoms with Crippen molar-refractivity contribution < 1.29 is 0 Å². The molecule has 0 radical (unpaired) electrons. The van der Waals surface area contributed by atoms with Crippen LogP contribution in [0, 0.1) is 3.57 Å². The molecule has 2 heteroatoms. The van der Waals surface area contributed by atoms with Crippen molar-refractivity contribution in [2.45, 2.75) is 6.42 Å². The highest BCUT2D eigenvalue weighted by molar-refractivity contribution is 14.1. The lowest BCUT2D eigenvalue weighted by molar-refractivity contribution is 1.18. The molecule has 0 amide bonds. The number of benzene rings is 2. The highest BCUT2D eigenvalue weighted by Crippen LogP contribution is 2.13. The highest BCUT2D eigenvalue weighted by atomic mass is 127. The van der Waals surface area contributed by atoms with E-state index in [2.05, 4.69) is 106 Å². The van der Waals surface area contributed by atoms with Gasteiger partial charge in [0.25, 0.3) is 0 Å². The summed E-state index contributed by atoms with van der Waals surface area (Å²) in [7, 11) is 0. The lowest BCUT2D eigenvalue weighted by atomic mass is 10.1. The minimum atomic E-state index is 1.15. The number of rotatable bonds is 4. The molecule has 0 saturated carbocycles. The second-order valence-electron chi connectivity index (χ2n) is 4.07. The van der Waals surface area contributed by atoms with Gasteiger partial charge in [-0.25, -0.2) is 0 Å². The van der Waals surface area contributed by atoms with E-state index in [1.165, 1.54) is 24.7 Å². The molecule has 18 heavy (non-hydrogen) atoms. The third-order valence-electron chi connectivity index (χ3n) is 2.68. The van der Waals surface area contributed by atoms with Crippen molar-refractivity contribution in [2.24, 2.45) is 0 Å². The highest BCUT2D eigenvalue weighted by Gasteiger charge is 1.92. The van der Waals surface area contributed by atoms with E-state index in [1.54, 1.807) is 0 Å². The molecule has 0 aliphatic carbocycles. The van der Waals surface area contributed by atoms with Gasteiger partial charge in [-0.05, 0) is 57.8 Å². The van der Waals surface area contributed by atoms with Crippen LogP contribution in [-0.4, -0.2) is 4.43 Å². The van der Waals surface area contributed by atoms with Crippen LogP contribution in [0.4, 0.5) is 0 Å². The van der Waals surface area contributed by atoms with Crippen LogP contribution in [0.3, 0.4) is 0 Å². The van der Waals surface area contributed by atoms with E-state index >= 15 is 0 Å². The molecule has 0 unspecified atom stereocenters. The molecule has 0 saturated heterocycles. The van der Waals surface area contributed by atoms with Crippen LogP contribution < -0.4 is 0 Å². The number of alkyl halides is 1. The molecule has 0 aliphatic heterocycles. The van der Waals surface area contributed by atoms with Gasteiger partial charge in [0.15, 0.2) is 0 Å². The molecule has 0 aromatic heterocycles. The van der Waals surface area contributed by atoms with Gasteiger partial charge in [-0.3, -0.25) is 0 Å². The molecule has 0 nitrogen and oxygen atoms in total. The summed E-state index contributed by atoms with van der Waals surface area (Å²) in [5, 5.41) is 0. The van der Waals surface area contributed by atoms with Crippen LogP contribution in [-0.2, 0) is 6.42 Å². The number of halogens is 2. The Hall–Kier alpha value is -0.360. The topological polar surface area (TPSA) is 0 Å². The van der Waals surface area contributed by atoms with E-state index < -0.39 is 0 Å². The van der Waals surface area contributed by atoms with Gasteiger partial charge in [0, 0.05) is 8.00 Å². The van der Waals surface area contributed by atoms with Gasteiger partial charge < -0.3 is 0 Å². The smallest absolute Gasteiger partial charge is 0.0136 e. The second-order valence-corrected chi connectivity index (χ2v) is 6.39. The summed E-state index contributed by atoms with van der Waals surface area (Å²) in [6.45, 7) is 0. The van der Waals surface area contributed by atoms with E-state index in [0.717, 1.165) is 6.42 Å². The van der Waals surface area contributed by atoms with Crippen LogP contribution in [0.2, 0.25) is 0 Å². The maximum atomic E-state index is 2.41. The Morgan fingerprint density at radius 3 is 2.28 bits per heavy atom. The third-order valence-corrected chi connectivity index (χ3v) is 3.89. The van der Waals surface area contributed by atoms with Crippen molar-refractivity contribution in [1.29, 1.82) is 0 Å². The normalized spacial score (nSPS) is 11.0. The van der Waals surface area contributed by atoms with Gasteiger partial charge in [0.2, 0.25) is 0 Å². The average molecular weight is 460 g/mol. The summed E-state index contributed by atoms with van der Waals surface area (Å²) in [5.41, 5.74) is 3.92. The Labute approximate surface area is 136 Å². The lowest BCUT2D eigenvalue weighted by Crippen LogP contribution is -1.84. The fourth-order valence-electron chi connectivity index (χ4n) is 1.71. The van der Waals surface area contributed by atoms with E-state index in [-0.39, 0.29) is 0 Å². The number of hydrogen-bond donors (Lipinski definition) is 0.